The quantitative estimate of drug-likeness (QED) is 0.447. The zero-order chi connectivity index (χ0) is 14.2. The van der Waals surface area contributed by atoms with E-state index < -0.39 is 31.0 Å². The van der Waals surface area contributed by atoms with E-state index in [2.05, 4.69) is 16.6 Å². The minimum absolute atomic E-state index is 0.00662. The highest BCUT2D eigenvalue weighted by molar-refractivity contribution is 5.89. The zero-order valence-electron chi connectivity index (χ0n) is 10.6. The van der Waals surface area contributed by atoms with Crippen molar-refractivity contribution in [3.63, 3.8) is 0 Å². The number of nitrogens with two attached hydrogens (primary N) is 1. The molecule has 0 bridgehead atoms. The van der Waals surface area contributed by atoms with E-state index in [0.717, 1.165) is 0 Å². The van der Waals surface area contributed by atoms with Crippen LogP contribution in [0.5, 0.6) is 0 Å². The first-order valence-electron chi connectivity index (χ1n) is 5.87. The van der Waals surface area contributed by atoms with Crippen molar-refractivity contribution in [3.8, 4) is 0 Å². The van der Waals surface area contributed by atoms with Gasteiger partial charge in [-0.15, -0.1) is 0 Å². The van der Waals surface area contributed by atoms with Gasteiger partial charge in [-0.05, 0) is 0 Å². The Morgan fingerprint density at radius 3 is 2.83 bits per heavy atom. The van der Waals surface area contributed by atoms with Crippen molar-refractivity contribution in [3.05, 3.63) is 12.4 Å². The van der Waals surface area contributed by atoms with Crippen LogP contribution in [-0.4, -0.2) is 70.1 Å². The summed E-state index contributed by atoms with van der Waals surface area (Å²) in [5.41, 5.74) is 5.39. The summed E-state index contributed by atoms with van der Waals surface area (Å²) in [6, 6.07) is 0. The van der Waals surface area contributed by atoms with E-state index in [4.69, 9.17) is 16.9 Å². The van der Waals surface area contributed by atoms with Gasteiger partial charge in [-0.25, -0.2) is 4.99 Å². The second kappa shape index (κ2) is 5.02. The fourth-order valence-electron chi connectivity index (χ4n) is 1.77. The third kappa shape index (κ3) is 2.36. The van der Waals surface area contributed by atoms with E-state index >= 15 is 0 Å². The molecule has 0 aromatic heterocycles. The number of aliphatic hydroxyl groups is 3. The molecule has 4 atom stereocenters. The number of aliphatic hydroxyl groups excluding tert-OH is 2. The predicted octanol–water partition coefficient (Wildman–Crippen LogP) is -2.40. The molecule has 18 heavy (non-hydrogen) atoms. The normalized spacial score (nSPS) is 40.9. The van der Waals surface area contributed by atoms with Crippen molar-refractivity contribution in [1.29, 1.82) is 0 Å². The summed E-state index contributed by atoms with van der Waals surface area (Å²) in [6.07, 6.45) is -4.42. The maximum Gasteiger partial charge on any atom is 0.223 e. The third-order valence-electron chi connectivity index (χ3n) is 2.77. The number of guanidine groups is 1. The number of rotatable bonds is 3. The van der Waals surface area contributed by atoms with Gasteiger partial charge in [-0.3, -0.25) is 0 Å². The number of nitrogens with zero attached hydrogens (tertiary/aromatic N) is 3. The molecule has 0 radical (unpaired) electrons. The fourth-order valence-corrected chi connectivity index (χ4v) is 1.77. The van der Waals surface area contributed by atoms with Crippen LogP contribution >= 0.6 is 0 Å². The predicted molar refractivity (Wildman–Crippen MR) is 63.7 cm³/mol. The van der Waals surface area contributed by atoms with Crippen LogP contribution in [0.2, 0.25) is 0 Å². The molecule has 1 fully saturated rings. The van der Waals surface area contributed by atoms with Gasteiger partial charge < -0.3 is 30.7 Å². The Morgan fingerprint density at radius 1 is 1.56 bits per heavy atom. The molecule has 8 heteroatoms. The fraction of sp³-hybridized carbons (Fsp3) is 0.600. The molecule has 2 heterocycles. The first kappa shape index (κ1) is 11.6. The van der Waals surface area contributed by atoms with E-state index in [0.29, 0.717) is 0 Å². The van der Waals surface area contributed by atoms with Crippen molar-refractivity contribution < 1.29 is 21.4 Å². The van der Waals surface area contributed by atoms with Crippen LogP contribution in [0.3, 0.4) is 0 Å². The van der Waals surface area contributed by atoms with Gasteiger partial charge in [-0.2, -0.15) is 4.99 Å². The molecule has 0 aromatic carbocycles. The summed E-state index contributed by atoms with van der Waals surface area (Å²) in [5, 5.41) is 28.6. The molecule has 0 aromatic rings. The number of ether oxygens (including phenoxy) is 1. The van der Waals surface area contributed by atoms with Gasteiger partial charge in [0.25, 0.3) is 0 Å². The minimum Gasteiger partial charge on any atom is -0.394 e. The van der Waals surface area contributed by atoms with E-state index in [1.165, 1.54) is 11.2 Å². The van der Waals surface area contributed by atoms with E-state index in [1.54, 1.807) is 0 Å². The number of hydrogen-bond donors (Lipinski definition) is 4. The molecule has 0 amide bonds. The lowest BCUT2D eigenvalue weighted by molar-refractivity contribution is -0.0250. The molecule has 0 spiro atoms. The Hall–Kier alpha value is -1.48. The number of aliphatic imine (C=N–C) groups is 2. The van der Waals surface area contributed by atoms with Gasteiger partial charge in [0.15, 0.2) is 0 Å². The third-order valence-corrected chi connectivity index (χ3v) is 2.77. The maximum absolute atomic E-state index is 9.91. The van der Waals surface area contributed by atoms with Crippen LogP contribution in [0.15, 0.2) is 22.4 Å². The molecule has 2 aliphatic heterocycles. The van der Waals surface area contributed by atoms with Gasteiger partial charge in [0, 0.05) is 0 Å². The lowest BCUT2D eigenvalue weighted by Crippen LogP contribution is -2.40. The van der Waals surface area contributed by atoms with Gasteiger partial charge in [0.2, 0.25) is 5.96 Å². The summed E-state index contributed by atoms with van der Waals surface area (Å²) in [5.74, 6) is 0.344. The highest BCUT2D eigenvalue weighted by Crippen LogP contribution is 2.22. The molecule has 0 aliphatic carbocycles. The lowest BCUT2D eigenvalue weighted by Gasteiger charge is -2.25. The molecule has 2 rings (SSSR count). The topological polar surface area (TPSA) is 124 Å². The standard InChI is InChI=1S/C10H16N4O4/c1-5-13-10(11)12-4-14(5)2-6-8(16)9(17)7(3-15)18-6/h4,6-9,15-17H,1-3H2,(H2,11,13)/t6-,7+,8+,9?/m0/s1/i8D. The van der Waals surface area contributed by atoms with Crippen molar-refractivity contribution in [2.24, 2.45) is 15.7 Å². The highest BCUT2D eigenvalue weighted by Gasteiger charge is 2.43. The van der Waals surface area contributed by atoms with Crippen LogP contribution in [-0.2, 0) is 4.74 Å². The van der Waals surface area contributed by atoms with Crippen molar-refractivity contribution in [2.45, 2.75) is 24.4 Å². The SMILES string of the molecule is [2H][C@]1(O)C(O)[C@@H](CO)O[C@H]1CN1C=NC(N)=NC1=C. The Balaban J connectivity index is 2.08. The zero-order valence-corrected chi connectivity index (χ0v) is 9.60. The molecule has 100 valence electrons. The average molecular weight is 257 g/mol. The first-order valence-corrected chi connectivity index (χ1v) is 5.37. The van der Waals surface area contributed by atoms with E-state index in [1.807, 2.05) is 0 Å². The molecule has 2 aliphatic rings. The minimum atomic E-state index is -2.23. The summed E-state index contributed by atoms with van der Waals surface area (Å²) in [7, 11) is 0. The molecule has 0 saturated carbocycles. The van der Waals surface area contributed by atoms with Crippen LogP contribution in [0.25, 0.3) is 0 Å². The van der Waals surface area contributed by atoms with Crippen LogP contribution < -0.4 is 5.73 Å². The van der Waals surface area contributed by atoms with Crippen molar-refractivity contribution in [2.75, 3.05) is 13.2 Å². The molecular weight excluding hydrogens is 240 g/mol. The van der Waals surface area contributed by atoms with Gasteiger partial charge >= 0.3 is 0 Å². The van der Waals surface area contributed by atoms with Crippen LogP contribution in [0, 0.1) is 0 Å². The van der Waals surface area contributed by atoms with Gasteiger partial charge in [0.05, 0.1) is 14.5 Å². The van der Waals surface area contributed by atoms with Crippen LogP contribution in [0.1, 0.15) is 1.37 Å². The smallest absolute Gasteiger partial charge is 0.223 e. The van der Waals surface area contributed by atoms with Gasteiger partial charge in [-0.1, -0.05) is 6.58 Å². The highest BCUT2D eigenvalue weighted by atomic mass is 16.6. The molecule has 1 saturated heterocycles. The maximum atomic E-state index is 9.91. The molecular formula is C10H16N4O4. The average Bonchev–Trinajstić information content (AvgIpc) is 2.56. The first-order chi connectivity index (χ1) is 8.86. The monoisotopic (exact) mass is 257 g/mol. The van der Waals surface area contributed by atoms with E-state index in [-0.39, 0.29) is 18.3 Å². The Labute approximate surface area is 105 Å². The lowest BCUT2D eigenvalue weighted by atomic mass is 10.1. The summed E-state index contributed by atoms with van der Waals surface area (Å²) >= 11 is 0. The Morgan fingerprint density at radius 2 is 2.28 bits per heavy atom. The number of hydrogen-bond acceptors (Lipinski definition) is 8. The Kier molecular flexibility index (Phi) is 3.24. The van der Waals surface area contributed by atoms with Crippen LogP contribution in [0.4, 0.5) is 0 Å². The van der Waals surface area contributed by atoms with Crippen molar-refractivity contribution in [1.82, 2.24) is 4.90 Å². The summed E-state index contributed by atoms with van der Waals surface area (Å²) in [6.45, 7) is 3.17. The summed E-state index contributed by atoms with van der Waals surface area (Å²) < 4.78 is 13.0. The molecule has 5 N–H and O–H groups in total. The largest absolute Gasteiger partial charge is 0.394 e. The summed E-state index contributed by atoms with van der Waals surface area (Å²) in [4.78, 5) is 9.03. The van der Waals surface area contributed by atoms with Crippen molar-refractivity contribution >= 4 is 12.3 Å². The Bertz CT molecular complexity index is 439. The second-order valence-corrected chi connectivity index (χ2v) is 4.00. The van der Waals surface area contributed by atoms with Gasteiger partial charge in [0.1, 0.15) is 36.6 Å². The molecule has 1 unspecified atom stereocenters. The second-order valence-electron chi connectivity index (χ2n) is 4.00. The molecule has 8 nitrogen and oxygen atoms in total. The van der Waals surface area contributed by atoms with E-state index in [9.17, 15) is 10.2 Å².